The summed E-state index contributed by atoms with van der Waals surface area (Å²) in [5.41, 5.74) is 0.803. The smallest absolute Gasteiger partial charge is 0.330 e. The van der Waals surface area contributed by atoms with Crippen LogP contribution in [-0.2, 0) is 13.6 Å². The first-order valence-corrected chi connectivity index (χ1v) is 5.94. The Balaban J connectivity index is 1.81. The Kier molecular flexibility index (Phi) is 2.90. The van der Waals surface area contributed by atoms with E-state index < -0.39 is 4.92 Å². The number of nitro groups is 1. The Bertz CT molecular complexity index is 667. The summed E-state index contributed by atoms with van der Waals surface area (Å²) in [6.45, 7) is 0.556. The maximum Gasteiger partial charge on any atom is 0.330 e. The number of para-hydroxylation sites is 1. The van der Waals surface area contributed by atoms with Crippen molar-refractivity contribution in [3.05, 3.63) is 40.1 Å². The second-order valence-electron chi connectivity index (χ2n) is 4.30. The third kappa shape index (κ3) is 2.11. The van der Waals surface area contributed by atoms with E-state index in [9.17, 15) is 10.1 Å². The van der Waals surface area contributed by atoms with Gasteiger partial charge in [-0.15, -0.1) is 5.10 Å². The molecule has 0 fully saturated rings. The Morgan fingerprint density at radius 3 is 3.15 bits per heavy atom. The van der Waals surface area contributed by atoms with Crippen LogP contribution in [0.25, 0.3) is 0 Å². The highest BCUT2D eigenvalue weighted by atomic mass is 16.7. The number of aryl methyl sites for hydroxylation is 1. The van der Waals surface area contributed by atoms with Crippen LogP contribution in [0.4, 0.5) is 11.5 Å². The minimum Gasteiger partial charge on any atom is -0.454 e. The number of hydrogen-bond acceptors (Lipinski definition) is 6. The molecule has 0 bridgehead atoms. The standard InChI is InChI=1S/C12H12N4O4/c1-15-6-9(16(17)18)12(14-15)13-5-8-3-2-4-10-11(8)20-7-19-10/h2-4,6H,5,7H2,1H3,(H,13,14). The molecule has 0 radical (unpaired) electrons. The second kappa shape index (κ2) is 4.72. The van der Waals surface area contributed by atoms with Gasteiger partial charge in [0.15, 0.2) is 11.5 Å². The highest BCUT2D eigenvalue weighted by molar-refractivity contribution is 5.56. The van der Waals surface area contributed by atoms with Crippen molar-refractivity contribution >= 4 is 11.5 Å². The van der Waals surface area contributed by atoms with E-state index in [2.05, 4.69) is 10.4 Å². The number of hydrogen-bond donors (Lipinski definition) is 1. The average molecular weight is 276 g/mol. The van der Waals surface area contributed by atoms with Gasteiger partial charge < -0.3 is 14.8 Å². The SMILES string of the molecule is Cn1cc([N+](=O)[O-])c(NCc2cccc3c2OCO3)n1. The van der Waals surface area contributed by atoms with Crippen LogP contribution in [0.3, 0.4) is 0 Å². The number of fused-ring (bicyclic) bond motifs is 1. The fourth-order valence-electron chi connectivity index (χ4n) is 2.04. The molecule has 2 heterocycles. The monoisotopic (exact) mass is 276 g/mol. The van der Waals surface area contributed by atoms with Gasteiger partial charge in [-0.3, -0.25) is 14.8 Å². The number of anilines is 1. The zero-order valence-electron chi connectivity index (χ0n) is 10.7. The number of nitrogens with zero attached hydrogens (tertiary/aromatic N) is 3. The molecule has 1 aromatic heterocycles. The molecular formula is C12H12N4O4. The Hall–Kier alpha value is -2.77. The summed E-state index contributed by atoms with van der Waals surface area (Å²) < 4.78 is 12.1. The van der Waals surface area contributed by atoms with E-state index in [1.807, 2.05) is 18.2 Å². The van der Waals surface area contributed by atoms with E-state index in [4.69, 9.17) is 9.47 Å². The number of nitrogens with one attached hydrogen (secondary N) is 1. The van der Waals surface area contributed by atoms with E-state index in [-0.39, 0.29) is 18.3 Å². The molecule has 1 aromatic carbocycles. The van der Waals surface area contributed by atoms with Gasteiger partial charge in [-0.1, -0.05) is 12.1 Å². The molecular weight excluding hydrogens is 264 g/mol. The van der Waals surface area contributed by atoms with Crippen LogP contribution in [0, 0.1) is 10.1 Å². The molecule has 1 aliphatic rings. The first kappa shape index (κ1) is 12.3. The molecule has 1 N–H and O–H groups in total. The first-order chi connectivity index (χ1) is 9.65. The van der Waals surface area contributed by atoms with Crippen molar-refractivity contribution in [3.63, 3.8) is 0 Å². The molecule has 0 saturated carbocycles. The molecule has 3 rings (SSSR count). The lowest BCUT2D eigenvalue weighted by Crippen LogP contribution is -2.04. The number of rotatable bonds is 4. The van der Waals surface area contributed by atoms with Crippen molar-refractivity contribution in [2.24, 2.45) is 7.05 Å². The van der Waals surface area contributed by atoms with Gasteiger partial charge in [0.25, 0.3) is 0 Å². The van der Waals surface area contributed by atoms with E-state index in [1.54, 1.807) is 7.05 Å². The molecule has 8 heteroatoms. The summed E-state index contributed by atoms with van der Waals surface area (Å²) in [4.78, 5) is 10.4. The zero-order valence-corrected chi connectivity index (χ0v) is 10.7. The van der Waals surface area contributed by atoms with Crippen LogP contribution in [0.1, 0.15) is 5.56 Å². The van der Waals surface area contributed by atoms with Gasteiger partial charge in [0, 0.05) is 19.2 Å². The fraction of sp³-hybridized carbons (Fsp3) is 0.250. The van der Waals surface area contributed by atoms with Crippen molar-refractivity contribution in [3.8, 4) is 11.5 Å². The first-order valence-electron chi connectivity index (χ1n) is 5.94. The molecule has 2 aromatic rings. The molecule has 8 nitrogen and oxygen atoms in total. The van der Waals surface area contributed by atoms with Gasteiger partial charge >= 0.3 is 5.69 Å². The third-order valence-corrected chi connectivity index (χ3v) is 2.93. The summed E-state index contributed by atoms with van der Waals surface area (Å²) >= 11 is 0. The molecule has 0 amide bonds. The van der Waals surface area contributed by atoms with E-state index >= 15 is 0 Å². The lowest BCUT2D eigenvalue weighted by molar-refractivity contribution is -0.384. The summed E-state index contributed by atoms with van der Waals surface area (Å²) in [6.07, 6.45) is 1.36. The highest BCUT2D eigenvalue weighted by Crippen LogP contribution is 2.35. The van der Waals surface area contributed by atoms with Gasteiger partial charge in [0.2, 0.25) is 12.6 Å². The summed E-state index contributed by atoms with van der Waals surface area (Å²) in [5.74, 6) is 1.58. The maximum absolute atomic E-state index is 10.9. The summed E-state index contributed by atoms with van der Waals surface area (Å²) in [5, 5.41) is 17.9. The fourth-order valence-corrected chi connectivity index (χ4v) is 2.04. The molecule has 0 saturated heterocycles. The Morgan fingerprint density at radius 1 is 1.50 bits per heavy atom. The normalized spacial score (nSPS) is 12.4. The summed E-state index contributed by atoms with van der Waals surface area (Å²) in [6, 6.07) is 5.53. The van der Waals surface area contributed by atoms with Crippen LogP contribution in [0.2, 0.25) is 0 Å². The van der Waals surface area contributed by atoms with Crippen LogP contribution in [0.5, 0.6) is 11.5 Å². The van der Waals surface area contributed by atoms with Crippen LogP contribution in [0.15, 0.2) is 24.4 Å². The Morgan fingerprint density at radius 2 is 2.35 bits per heavy atom. The van der Waals surface area contributed by atoms with E-state index in [0.717, 1.165) is 5.56 Å². The molecule has 0 atom stereocenters. The molecule has 0 aliphatic carbocycles. The lowest BCUT2D eigenvalue weighted by atomic mass is 10.2. The number of ether oxygens (including phenoxy) is 2. The predicted molar refractivity (Wildman–Crippen MR) is 69.8 cm³/mol. The number of benzene rings is 1. The lowest BCUT2D eigenvalue weighted by Gasteiger charge is -2.06. The molecule has 20 heavy (non-hydrogen) atoms. The maximum atomic E-state index is 10.9. The topological polar surface area (TPSA) is 91.5 Å². The van der Waals surface area contributed by atoms with Gasteiger partial charge in [0.1, 0.15) is 6.20 Å². The molecule has 1 aliphatic heterocycles. The highest BCUT2D eigenvalue weighted by Gasteiger charge is 2.20. The molecule has 0 spiro atoms. The van der Waals surface area contributed by atoms with Crippen molar-refractivity contribution < 1.29 is 14.4 Å². The minimum atomic E-state index is -0.468. The quantitative estimate of drug-likeness (QED) is 0.674. The van der Waals surface area contributed by atoms with E-state index in [1.165, 1.54) is 10.9 Å². The molecule has 0 unspecified atom stereocenters. The van der Waals surface area contributed by atoms with E-state index in [0.29, 0.717) is 18.0 Å². The van der Waals surface area contributed by atoms with Crippen molar-refractivity contribution in [2.75, 3.05) is 12.1 Å². The van der Waals surface area contributed by atoms with Crippen molar-refractivity contribution in [1.29, 1.82) is 0 Å². The van der Waals surface area contributed by atoms with Crippen LogP contribution in [-0.4, -0.2) is 21.5 Å². The van der Waals surface area contributed by atoms with Crippen LogP contribution < -0.4 is 14.8 Å². The van der Waals surface area contributed by atoms with Gasteiger partial charge in [-0.05, 0) is 6.07 Å². The minimum absolute atomic E-state index is 0.0581. The Labute approximate surface area is 114 Å². The van der Waals surface area contributed by atoms with Crippen LogP contribution >= 0.6 is 0 Å². The zero-order chi connectivity index (χ0) is 14.1. The second-order valence-corrected chi connectivity index (χ2v) is 4.30. The van der Waals surface area contributed by atoms with Gasteiger partial charge in [-0.25, -0.2) is 0 Å². The van der Waals surface area contributed by atoms with Gasteiger partial charge in [-0.2, -0.15) is 0 Å². The van der Waals surface area contributed by atoms with Crippen molar-refractivity contribution in [2.45, 2.75) is 6.54 Å². The summed E-state index contributed by atoms with van der Waals surface area (Å²) in [7, 11) is 1.63. The van der Waals surface area contributed by atoms with Crippen molar-refractivity contribution in [1.82, 2.24) is 9.78 Å². The molecule has 104 valence electrons. The van der Waals surface area contributed by atoms with Gasteiger partial charge in [0.05, 0.1) is 4.92 Å². The number of aromatic nitrogens is 2. The largest absolute Gasteiger partial charge is 0.454 e. The third-order valence-electron chi connectivity index (χ3n) is 2.93. The predicted octanol–water partition coefficient (Wildman–Crippen LogP) is 1.67. The average Bonchev–Trinajstić information content (AvgIpc) is 3.02.